The molecule has 70 valence electrons. The first-order valence-corrected chi connectivity index (χ1v) is 4.30. The van der Waals surface area contributed by atoms with E-state index in [1.165, 1.54) is 6.07 Å². The van der Waals surface area contributed by atoms with E-state index in [2.05, 4.69) is 4.99 Å². The number of aliphatic imine (C=N–C) groups is 1. The van der Waals surface area contributed by atoms with E-state index in [1.54, 1.807) is 18.3 Å². The second-order valence-corrected chi connectivity index (χ2v) is 2.72. The predicted molar refractivity (Wildman–Crippen MR) is 52.0 cm³/mol. The van der Waals surface area contributed by atoms with E-state index in [0.717, 1.165) is 6.42 Å². The van der Waals surface area contributed by atoms with Crippen molar-refractivity contribution in [3.05, 3.63) is 29.8 Å². The first-order valence-electron chi connectivity index (χ1n) is 4.30. The van der Waals surface area contributed by atoms with Crippen molar-refractivity contribution in [3.8, 4) is 5.75 Å². The topological polar surface area (TPSA) is 61.4 Å². The van der Waals surface area contributed by atoms with Crippen LogP contribution >= 0.6 is 0 Å². The van der Waals surface area contributed by atoms with Gasteiger partial charge in [0.1, 0.15) is 0 Å². The molecule has 13 heavy (non-hydrogen) atoms. The molecule has 0 aliphatic carbocycles. The van der Waals surface area contributed by atoms with E-state index >= 15 is 0 Å². The maximum Gasteiger partial charge on any atom is 0.0401 e. The van der Waals surface area contributed by atoms with Gasteiger partial charge in [-0.3, -0.25) is 4.99 Å². The van der Waals surface area contributed by atoms with E-state index < -0.39 is 0 Å². The van der Waals surface area contributed by atoms with E-state index in [1.807, 2.05) is 6.07 Å². The predicted octanol–water partition coefficient (Wildman–Crippen LogP) is 0.528. The largest absolute Gasteiger partial charge is 0.872 e. The third-order valence-electron chi connectivity index (χ3n) is 1.64. The maximum absolute atomic E-state index is 11.2. The lowest BCUT2D eigenvalue weighted by Gasteiger charge is -2.07. The Balaban J connectivity index is 2.53. The molecule has 0 unspecified atom stereocenters. The molecule has 0 saturated carbocycles. The van der Waals surface area contributed by atoms with Gasteiger partial charge in [0.15, 0.2) is 0 Å². The van der Waals surface area contributed by atoms with Crippen LogP contribution in [-0.2, 0) is 0 Å². The maximum atomic E-state index is 11.2. The van der Waals surface area contributed by atoms with Crippen LogP contribution in [0.25, 0.3) is 0 Å². The fourth-order valence-electron chi connectivity index (χ4n) is 0.933. The summed E-state index contributed by atoms with van der Waals surface area (Å²) in [6, 6.07) is 6.84. The summed E-state index contributed by atoms with van der Waals surface area (Å²) in [6.45, 7) is 1.32. The smallest absolute Gasteiger partial charge is 0.0401 e. The van der Waals surface area contributed by atoms with Crippen molar-refractivity contribution in [1.29, 1.82) is 0 Å². The van der Waals surface area contributed by atoms with Crippen LogP contribution in [-0.4, -0.2) is 19.3 Å². The minimum atomic E-state index is 0.0130. The van der Waals surface area contributed by atoms with Crippen molar-refractivity contribution in [2.24, 2.45) is 10.7 Å². The summed E-state index contributed by atoms with van der Waals surface area (Å²) in [5.74, 6) is 0.0130. The summed E-state index contributed by atoms with van der Waals surface area (Å²) in [5.41, 5.74) is 5.94. The van der Waals surface area contributed by atoms with Gasteiger partial charge in [-0.05, 0) is 18.5 Å². The van der Waals surface area contributed by atoms with Gasteiger partial charge < -0.3 is 10.8 Å². The Labute approximate surface area is 77.9 Å². The van der Waals surface area contributed by atoms with Crippen molar-refractivity contribution < 1.29 is 5.11 Å². The number of rotatable bonds is 4. The second kappa shape index (κ2) is 5.32. The average molecular weight is 177 g/mol. The van der Waals surface area contributed by atoms with Gasteiger partial charge in [0.2, 0.25) is 0 Å². The molecule has 3 heteroatoms. The Kier molecular flexibility index (Phi) is 3.99. The van der Waals surface area contributed by atoms with Gasteiger partial charge in [-0.15, -0.1) is 5.75 Å². The molecular formula is C10H13N2O-. The summed E-state index contributed by atoms with van der Waals surface area (Å²) in [7, 11) is 0. The van der Waals surface area contributed by atoms with E-state index in [-0.39, 0.29) is 5.75 Å². The van der Waals surface area contributed by atoms with Gasteiger partial charge in [0.05, 0.1) is 0 Å². The molecule has 0 amide bonds. The fourth-order valence-corrected chi connectivity index (χ4v) is 0.933. The Morgan fingerprint density at radius 1 is 1.38 bits per heavy atom. The number of hydrogen-bond acceptors (Lipinski definition) is 3. The Morgan fingerprint density at radius 3 is 2.85 bits per heavy atom. The summed E-state index contributed by atoms with van der Waals surface area (Å²) >= 11 is 0. The highest BCUT2D eigenvalue weighted by Crippen LogP contribution is 2.08. The molecule has 0 radical (unpaired) electrons. The SMILES string of the molecule is NCCCN=Cc1ccccc1[O-]. The molecule has 0 spiro atoms. The van der Waals surface area contributed by atoms with E-state index in [4.69, 9.17) is 5.73 Å². The average Bonchev–Trinajstić information content (AvgIpc) is 2.15. The lowest BCUT2D eigenvalue weighted by molar-refractivity contribution is -0.268. The Morgan fingerprint density at radius 2 is 2.15 bits per heavy atom. The van der Waals surface area contributed by atoms with Crippen molar-refractivity contribution in [2.45, 2.75) is 6.42 Å². The zero-order valence-electron chi connectivity index (χ0n) is 7.44. The van der Waals surface area contributed by atoms with Crippen LogP contribution in [0.15, 0.2) is 29.3 Å². The molecule has 0 heterocycles. The quantitative estimate of drug-likeness (QED) is 0.538. The highest BCUT2D eigenvalue weighted by molar-refractivity contribution is 5.82. The number of hydrogen-bond donors (Lipinski definition) is 1. The third kappa shape index (κ3) is 3.25. The highest BCUT2D eigenvalue weighted by Gasteiger charge is 1.86. The zero-order valence-corrected chi connectivity index (χ0v) is 7.44. The van der Waals surface area contributed by atoms with E-state index in [0.29, 0.717) is 18.7 Å². The normalized spacial score (nSPS) is 10.8. The first-order chi connectivity index (χ1) is 6.34. The molecular weight excluding hydrogens is 164 g/mol. The molecule has 0 atom stereocenters. The lowest BCUT2D eigenvalue weighted by Crippen LogP contribution is -2.00. The van der Waals surface area contributed by atoms with Gasteiger partial charge in [-0.1, -0.05) is 24.3 Å². The molecule has 0 fully saturated rings. The first kappa shape index (κ1) is 9.74. The monoisotopic (exact) mass is 177 g/mol. The molecule has 3 nitrogen and oxygen atoms in total. The molecule has 1 aromatic carbocycles. The minimum Gasteiger partial charge on any atom is -0.872 e. The Bertz CT molecular complexity index is 284. The van der Waals surface area contributed by atoms with Crippen molar-refractivity contribution in [2.75, 3.05) is 13.1 Å². The number of nitrogens with zero attached hydrogens (tertiary/aromatic N) is 1. The van der Waals surface area contributed by atoms with Crippen LogP contribution in [0.4, 0.5) is 0 Å². The minimum absolute atomic E-state index is 0.0130. The molecule has 0 aromatic heterocycles. The summed E-state index contributed by atoms with van der Waals surface area (Å²) < 4.78 is 0. The zero-order chi connectivity index (χ0) is 9.52. The van der Waals surface area contributed by atoms with Crippen LogP contribution in [0.5, 0.6) is 5.75 Å². The highest BCUT2D eigenvalue weighted by atomic mass is 16.3. The second-order valence-electron chi connectivity index (χ2n) is 2.72. The third-order valence-corrected chi connectivity index (χ3v) is 1.64. The number of nitrogens with two attached hydrogens (primary N) is 1. The number of para-hydroxylation sites is 1. The van der Waals surface area contributed by atoms with Crippen molar-refractivity contribution >= 4 is 6.21 Å². The molecule has 0 bridgehead atoms. The van der Waals surface area contributed by atoms with Gasteiger partial charge in [0, 0.05) is 12.8 Å². The van der Waals surface area contributed by atoms with Gasteiger partial charge in [-0.25, -0.2) is 0 Å². The van der Waals surface area contributed by atoms with Crippen molar-refractivity contribution in [1.82, 2.24) is 0 Å². The van der Waals surface area contributed by atoms with E-state index in [9.17, 15) is 5.11 Å². The fraction of sp³-hybridized carbons (Fsp3) is 0.300. The van der Waals surface area contributed by atoms with Gasteiger partial charge >= 0.3 is 0 Å². The van der Waals surface area contributed by atoms with Gasteiger partial charge in [-0.2, -0.15) is 0 Å². The van der Waals surface area contributed by atoms with Crippen LogP contribution < -0.4 is 10.8 Å². The summed E-state index contributed by atoms with van der Waals surface area (Å²) in [6.07, 6.45) is 2.47. The molecule has 1 aromatic rings. The molecule has 0 aliphatic heterocycles. The molecule has 2 N–H and O–H groups in total. The number of benzene rings is 1. The lowest BCUT2D eigenvalue weighted by atomic mass is 10.2. The molecule has 0 saturated heterocycles. The van der Waals surface area contributed by atoms with Crippen LogP contribution in [0.1, 0.15) is 12.0 Å². The van der Waals surface area contributed by atoms with Gasteiger partial charge in [0.25, 0.3) is 0 Å². The standard InChI is InChI=1S/C10H14N2O/c11-6-3-7-12-8-9-4-1-2-5-10(9)13/h1-2,4-5,8,13H,3,6-7,11H2/p-1. The molecule has 1 rings (SSSR count). The van der Waals surface area contributed by atoms with Crippen LogP contribution in [0.3, 0.4) is 0 Å². The summed E-state index contributed by atoms with van der Waals surface area (Å²) in [4.78, 5) is 4.09. The van der Waals surface area contributed by atoms with Crippen molar-refractivity contribution in [3.63, 3.8) is 0 Å². The van der Waals surface area contributed by atoms with Crippen LogP contribution in [0.2, 0.25) is 0 Å². The summed E-state index contributed by atoms with van der Waals surface area (Å²) in [5, 5.41) is 11.2. The molecule has 0 aliphatic rings. The Hall–Kier alpha value is -1.35. The van der Waals surface area contributed by atoms with Crippen LogP contribution in [0, 0.1) is 0 Å².